The van der Waals surface area contributed by atoms with Gasteiger partial charge < -0.3 is 40.3 Å². The Morgan fingerprint density at radius 1 is 0.946 bits per heavy atom. The van der Waals surface area contributed by atoms with Gasteiger partial charge in [-0.25, -0.2) is 0 Å². The van der Waals surface area contributed by atoms with E-state index in [1.54, 1.807) is 0 Å². The lowest BCUT2D eigenvalue weighted by molar-refractivity contribution is -0.149. The maximum absolute atomic E-state index is 12.0. The Morgan fingerprint density at radius 2 is 1.57 bits per heavy atom. The van der Waals surface area contributed by atoms with E-state index < -0.39 is 42.5 Å². The molecule has 0 fully saturated rings. The third-order valence-electron chi connectivity index (χ3n) is 7.39. The van der Waals surface area contributed by atoms with Crippen molar-refractivity contribution in [3.8, 4) is 0 Å². The van der Waals surface area contributed by atoms with Crippen molar-refractivity contribution in [2.75, 3.05) is 33.0 Å². The quantitative estimate of drug-likeness (QED) is 0.116. The Labute approximate surface area is 225 Å². The minimum absolute atomic E-state index is 0.203. The maximum atomic E-state index is 12.0. The van der Waals surface area contributed by atoms with E-state index in [0.717, 1.165) is 45.3 Å². The van der Waals surface area contributed by atoms with Crippen molar-refractivity contribution in [2.24, 2.45) is 17.3 Å². The van der Waals surface area contributed by atoms with Gasteiger partial charge in [0.25, 0.3) is 5.91 Å². The summed E-state index contributed by atoms with van der Waals surface area (Å²) in [6.45, 7) is 16.8. The van der Waals surface area contributed by atoms with Crippen LogP contribution in [-0.4, -0.2) is 94.4 Å². The zero-order chi connectivity index (χ0) is 28.6. The molecule has 9 heteroatoms. The van der Waals surface area contributed by atoms with E-state index in [1.165, 1.54) is 6.42 Å². The molecule has 0 aliphatic carbocycles. The first kappa shape index (κ1) is 36.2. The van der Waals surface area contributed by atoms with Gasteiger partial charge in [-0.05, 0) is 76.0 Å². The molecule has 0 spiro atoms. The average Bonchev–Trinajstić information content (AvgIpc) is 2.85. The molecule has 222 valence electrons. The topological polar surface area (TPSA) is 149 Å². The Hall–Kier alpha value is -0.810. The molecule has 0 bridgehead atoms. The Morgan fingerprint density at radius 3 is 2.11 bits per heavy atom. The first-order valence-electron chi connectivity index (χ1n) is 14.1. The fraction of sp³-hybridized carbons (Fsp3) is 0.964. The molecule has 37 heavy (non-hydrogen) atoms. The van der Waals surface area contributed by atoms with E-state index in [-0.39, 0.29) is 6.54 Å². The lowest BCUT2D eigenvalue weighted by Gasteiger charge is -2.33. The van der Waals surface area contributed by atoms with Crippen LogP contribution in [0.15, 0.2) is 0 Å². The third kappa shape index (κ3) is 14.8. The molecule has 0 saturated heterocycles. The second-order valence-corrected chi connectivity index (χ2v) is 11.7. The summed E-state index contributed by atoms with van der Waals surface area (Å²) in [5, 5.41) is 50.0. The van der Waals surface area contributed by atoms with Crippen LogP contribution in [-0.2, 0) is 14.3 Å². The van der Waals surface area contributed by atoms with Crippen LogP contribution in [0.4, 0.5) is 0 Å². The van der Waals surface area contributed by atoms with Crippen molar-refractivity contribution < 1.29 is 39.8 Å². The summed E-state index contributed by atoms with van der Waals surface area (Å²) in [5.74, 6) is 0.312. The van der Waals surface area contributed by atoms with Crippen molar-refractivity contribution in [3.05, 3.63) is 0 Å². The van der Waals surface area contributed by atoms with E-state index in [0.29, 0.717) is 30.3 Å². The first-order valence-corrected chi connectivity index (χ1v) is 14.1. The predicted molar refractivity (Wildman–Crippen MR) is 145 cm³/mol. The Kier molecular flexibility index (Phi) is 18.1. The Bertz CT molecular complexity index is 597. The predicted octanol–water partition coefficient (Wildman–Crippen LogP) is 2.40. The molecule has 0 aliphatic heterocycles. The molecule has 9 nitrogen and oxygen atoms in total. The van der Waals surface area contributed by atoms with Gasteiger partial charge in [-0.15, -0.1) is 0 Å². The molecule has 5 unspecified atom stereocenters. The molecule has 0 radical (unpaired) electrons. The smallest absolute Gasteiger partial charge is 0.251 e. The van der Waals surface area contributed by atoms with E-state index in [1.807, 2.05) is 13.8 Å². The lowest BCUT2D eigenvalue weighted by Crippen LogP contribution is -2.52. The first-order chi connectivity index (χ1) is 17.2. The summed E-state index contributed by atoms with van der Waals surface area (Å²) in [4.78, 5) is 12.0. The largest absolute Gasteiger partial charge is 0.394 e. The monoisotopic (exact) mass is 535 g/mol. The van der Waals surface area contributed by atoms with E-state index in [2.05, 4.69) is 39.9 Å². The van der Waals surface area contributed by atoms with Crippen molar-refractivity contribution in [1.82, 2.24) is 5.32 Å². The number of carbonyl (C=O) groups is 1. The lowest BCUT2D eigenvalue weighted by atomic mass is 9.76. The number of ether oxygens (including phenoxy) is 2. The highest BCUT2D eigenvalue weighted by molar-refractivity contribution is 5.81. The molecular formula is C28H57NO8. The van der Waals surface area contributed by atoms with Crippen molar-refractivity contribution in [1.29, 1.82) is 0 Å². The fourth-order valence-electron chi connectivity index (χ4n) is 4.51. The number of hydrogen-bond acceptors (Lipinski definition) is 8. The molecular weight excluding hydrogens is 478 g/mol. The van der Waals surface area contributed by atoms with Gasteiger partial charge in [-0.3, -0.25) is 4.79 Å². The second-order valence-electron chi connectivity index (χ2n) is 11.7. The highest BCUT2D eigenvalue weighted by Crippen LogP contribution is 2.34. The summed E-state index contributed by atoms with van der Waals surface area (Å²) in [7, 11) is 0. The van der Waals surface area contributed by atoms with Gasteiger partial charge in [0.15, 0.2) is 6.10 Å². The van der Waals surface area contributed by atoms with Crippen molar-refractivity contribution in [3.63, 3.8) is 0 Å². The molecule has 0 aromatic carbocycles. The Balaban J connectivity index is 4.19. The van der Waals surface area contributed by atoms with Crippen LogP contribution < -0.4 is 5.32 Å². The number of nitrogens with one attached hydrogen (secondary N) is 1. The number of aliphatic hydroxyl groups is 5. The summed E-state index contributed by atoms with van der Waals surface area (Å²) < 4.78 is 12.1. The molecule has 0 aliphatic rings. The highest BCUT2D eigenvalue weighted by Gasteiger charge is 2.34. The maximum Gasteiger partial charge on any atom is 0.251 e. The van der Waals surface area contributed by atoms with Gasteiger partial charge >= 0.3 is 0 Å². The minimum Gasteiger partial charge on any atom is -0.394 e. The number of rotatable bonds is 22. The molecule has 0 heterocycles. The molecule has 0 saturated carbocycles. The molecule has 0 aromatic heterocycles. The average molecular weight is 536 g/mol. The van der Waals surface area contributed by atoms with Crippen LogP contribution in [0.25, 0.3) is 0 Å². The molecule has 1 amide bonds. The highest BCUT2D eigenvalue weighted by atomic mass is 16.5. The fourth-order valence-corrected chi connectivity index (χ4v) is 4.51. The van der Waals surface area contributed by atoms with Crippen LogP contribution in [0.5, 0.6) is 0 Å². The van der Waals surface area contributed by atoms with Gasteiger partial charge in [0, 0.05) is 19.8 Å². The number of carbonyl (C=O) groups excluding carboxylic acids is 1. The van der Waals surface area contributed by atoms with Crippen molar-refractivity contribution >= 4 is 5.91 Å². The third-order valence-corrected chi connectivity index (χ3v) is 7.39. The summed E-state index contributed by atoms with van der Waals surface area (Å²) in [5.41, 5.74) is -0.202. The number of aliphatic hydroxyl groups excluding tert-OH is 5. The molecule has 0 aromatic rings. The van der Waals surface area contributed by atoms with E-state index in [9.17, 15) is 25.2 Å². The van der Waals surface area contributed by atoms with Crippen LogP contribution in [0.2, 0.25) is 0 Å². The van der Waals surface area contributed by atoms with E-state index in [4.69, 9.17) is 14.6 Å². The summed E-state index contributed by atoms with van der Waals surface area (Å²) in [6, 6.07) is 0. The summed E-state index contributed by atoms with van der Waals surface area (Å²) >= 11 is 0. The number of hydrogen-bond donors (Lipinski definition) is 6. The van der Waals surface area contributed by atoms with Crippen molar-refractivity contribution in [2.45, 2.75) is 123 Å². The summed E-state index contributed by atoms with van der Waals surface area (Å²) in [6.07, 6.45) is -0.336. The van der Waals surface area contributed by atoms with Crippen LogP contribution in [0.3, 0.4) is 0 Å². The van der Waals surface area contributed by atoms with E-state index >= 15 is 0 Å². The van der Waals surface area contributed by atoms with Crippen LogP contribution >= 0.6 is 0 Å². The standard InChI is InChI=1S/C28H57NO8/c1-8-28(9-2,17-20(3)4)19-36-15-10-11-21(5)12-16-37-27(6,7)13-14-29-26(35)25(34)24(33)23(32)22(31)18-30/h20-25,30-34H,8-19H2,1-7H3,(H,29,35). The SMILES string of the molecule is CCC(CC)(COCCCC(C)CCOC(C)(C)CCNC(=O)C(O)C(O)C(O)C(O)CO)CC(C)C. The second kappa shape index (κ2) is 18.5. The molecule has 6 N–H and O–H groups in total. The number of amides is 1. The van der Waals surface area contributed by atoms with Crippen LogP contribution in [0.1, 0.15) is 93.4 Å². The van der Waals surface area contributed by atoms with Gasteiger partial charge in [0.1, 0.15) is 18.3 Å². The zero-order valence-corrected chi connectivity index (χ0v) is 24.4. The minimum atomic E-state index is -1.93. The van der Waals surface area contributed by atoms with Gasteiger partial charge in [-0.2, -0.15) is 0 Å². The zero-order valence-electron chi connectivity index (χ0n) is 24.4. The van der Waals surface area contributed by atoms with Gasteiger partial charge in [0.05, 0.1) is 18.8 Å². The van der Waals surface area contributed by atoms with Gasteiger partial charge in [-0.1, -0.05) is 34.6 Å². The molecule has 5 atom stereocenters. The normalized spacial score (nSPS) is 16.9. The van der Waals surface area contributed by atoms with Crippen LogP contribution in [0, 0.1) is 17.3 Å². The molecule has 0 rings (SSSR count). The van der Waals surface area contributed by atoms with Gasteiger partial charge in [0.2, 0.25) is 0 Å².